The summed E-state index contributed by atoms with van der Waals surface area (Å²) in [6.07, 6.45) is 0. The second-order valence-electron chi connectivity index (χ2n) is 2.34. The van der Waals surface area contributed by atoms with E-state index in [0.29, 0.717) is 0 Å². The van der Waals surface area contributed by atoms with Crippen molar-refractivity contribution in [1.29, 1.82) is 10.5 Å². The van der Waals surface area contributed by atoms with E-state index in [-0.39, 0.29) is 26.9 Å². The molecule has 14 heavy (non-hydrogen) atoms. The summed E-state index contributed by atoms with van der Waals surface area (Å²) in [5, 5.41) is 17.8. The average molecular weight is 227 g/mol. The maximum Gasteiger partial charge on any atom is 0.103 e. The lowest BCUT2D eigenvalue weighted by atomic mass is 10.1. The van der Waals surface area contributed by atoms with Crippen molar-refractivity contribution < 1.29 is 0 Å². The minimum atomic E-state index is 0.0874. The molecular weight excluding hydrogens is 223 g/mol. The van der Waals surface area contributed by atoms with Gasteiger partial charge in [-0.2, -0.15) is 10.5 Å². The van der Waals surface area contributed by atoms with Crippen molar-refractivity contribution in [2.75, 3.05) is 5.43 Å². The Bertz CT molecular complexity index is 456. The molecule has 0 unspecified atom stereocenters. The quantitative estimate of drug-likeness (QED) is 0.567. The number of benzene rings is 1. The van der Waals surface area contributed by atoms with Gasteiger partial charge in [0, 0.05) is 0 Å². The van der Waals surface area contributed by atoms with Gasteiger partial charge in [0.05, 0.1) is 26.9 Å². The van der Waals surface area contributed by atoms with E-state index in [0.717, 1.165) is 0 Å². The fourth-order valence-electron chi connectivity index (χ4n) is 0.966. The van der Waals surface area contributed by atoms with Gasteiger partial charge < -0.3 is 5.43 Å². The minimum absolute atomic E-state index is 0.0874. The molecule has 0 bridgehead atoms. The van der Waals surface area contributed by atoms with Crippen LogP contribution in [0.1, 0.15) is 11.1 Å². The lowest BCUT2D eigenvalue weighted by Gasteiger charge is -2.08. The summed E-state index contributed by atoms with van der Waals surface area (Å²) in [6, 6.07) is 4.98. The van der Waals surface area contributed by atoms with Gasteiger partial charge in [-0.25, -0.2) is 0 Å². The number of halogens is 2. The molecule has 0 heterocycles. The predicted octanol–water partition coefficient (Wildman–Crippen LogP) is 2.02. The molecule has 1 rings (SSSR count). The minimum Gasteiger partial charge on any atom is -0.321 e. The van der Waals surface area contributed by atoms with Crippen LogP contribution in [-0.4, -0.2) is 0 Å². The van der Waals surface area contributed by atoms with Crippen molar-refractivity contribution >= 4 is 28.9 Å². The molecule has 0 fully saturated rings. The summed E-state index contributed by atoms with van der Waals surface area (Å²) >= 11 is 11.5. The maximum atomic E-state index is 8.78. The summed E-state index contributed by atoms with van der Waals surface area (Å²) in [5.74, 6) is 5.17. The molecule has 0 aromatic heterocycles. The van der Waals surface area contributed by atoms with Crippen LogP contribution in [0.2, 0.25) is 10.0 Å². The number of anilines is 1. The van der Waals surface area contributed by atoms with E-state index >= 15 is 0 Å². The summed E-state index contributed by atoms with van der Waals surface area (Å²) in [6.45, 7) is 0. The van der Waals surface area contributed by atoms with Gasteiger partial charge in [-0.3, -0.25) is 5.84 Å². The molecule has 0 radical (unpaired) electrons. The molecule has 0 aliphatic carbocycles. The van der Waals surface area contributed by atoms with Gasteiger partial charge in [-0.15, -0.1) is 0 Å². The normalized spacial score (nSPS) is 8.93. The van der Waals surface area contributed by atoms with Crippen LogP contribution in [0.4, 0.5) is 5.69 Å². The Hall–Kier alpha value is -1.46. The lowest BCUT2D eigenvalue weighted by Crippen LogP contribution is -2.10. The highest BCUT2D eigenvalue weighted by molar-refractivity contribution is 6.44. The molecule has 70 valence electrons. The molecule has 3 N–H and O–H groups in total. The summed E-state index contributed by atoms with van der Waals surface area (Å²) in [7, 11) is 0. The summed E-state index contributed by atoms with van der Waals surface area (Å²) in [4.78, 5) is 0. The number of nitrogen functional groups attached to an aromatic ring is 1. The Morgan fingerprint density at radius 2 is 1.93 bits per heavy atom. The highest BCUT2D eigenvalue weighted by atomic mass is 35.5. The fourth-order valence-corrected chi connectivity index (χ4v) is 1.37. The van der Waals surface area contributed by atoms with Gasteiger partial charge in [-0.1, -0.05) is 23.2 Å². The van der Waals surface area contributed by atoms with Crippen molar-refractivity contribution in [3.8, 4) is 12.1 Å². The number of nitrogens with two attached hydrogens (primary N) is 1. The molecule has 0 saturated heterocycles. The van der Waals surface area contributed by atoms with Crippen LogP contribution < -0.4 is 11.3 Å². The number of rotatable bonds is 1. The standard InChI is InChI=1S/C8H4Cl2N4/c9-6-1-4(2-11)5(3-12)8(14-13)7(6)10/h1,14H,13H2. The SMILES string of the molecule is N#Cc1cc(Cl)c(Cl)c(NN)c1C#N. The number of nitriles is 2. The van der Waals surface area contributed by atoms with Crippen LogP contribution in [0.25, 0.3) is 0 Å². The average Bonchev–Trinajstić information content (AvgIpc) is 2.20. The number of hydrazine groups is 1. The van der Waals surface area contributed by atoms with E-state index in [1.165, 1.54) is 6.07 Å². The molecule has 1 aromatic rings. The number of nitrogens with one attached hydrogen (secondary N) is 1. The van der Waals surface area contributed by atoms with E-state index in [9.17, 15) is 0 Å². The largest absolute Gasteiger partial charge is 0.321 e. The smallest absolute Gasteiger partial charge is 0.103 e. The Morgan fingerprint density at radius 3 is 2.36 bits per heavy atom. The van der Waals surface area contributed by atoms with Crippen molar-refractivity contribution in [2.24, 2.45) is 5.84 Å². The highest BCUT2D eigenvalue weighted by Crippen LogP contribution is 2.34. The van der Waals surface area contributed by atoms with Crippen LogP contribution in [0.5, 0.6) is 0 Å². The first-order chi connectivity index (χ1) is 6.65. The maximum absolute atomic E-state index is 8.78. The number of hydrogen-bond donors (Lipinski definition) is 2. The molecule has 0 aliphatic heterocycles. The van der Waals surface area contributed by atoms with Crippen LogP contribution in [-0.2, 0) is 0 Å². The van der Waals surface area contributed by atoms with Gasteiger partial charge in [-0.05, 0) is 6.07 Å². The van der Waals surface area contributed by atoms with E-state index in [1.807, 2.05) is 12.1 Å². The predicted molar refractivity (Wildman–Crippen MR) is 53.7 cm³/mol. The molecule has 0 spiro atoms. The van der Waals surface area contributed by atoms with Crippen molar-refractivity contribution in [3.63, 3.8) is 0 Å². The third-order valence-corrected chi connectivity index (χ3v) is 2.38. The Kier molecular flexibility index (Phi) is 3.16. The van der Waals surface area contributed by atoms with Crippen molar-refractivity contribution in [1.82, 2.24) is 0 Å². The van der Waals surface area contributed by atoms with E-state index in [2.05, 4.69) is 5.43 Å². The topological polar surface area (TPSA) is 85.6 Å². The summed E-state index contributed by atoms with van der Waals surface area (Å²) in [5.41, 5.74) is 2.63. The zero-order valence-electron chi connectivity index (χ0n) is 6.81. The second-order valence-corrected chi connectivity index (χ2v) is 3.12. The van der Waals surface area contributed by atoms with Crippen LogP contribution in [0.15, 0.2) is 6.07 Å². The van der Waals surface area contributed by atoms with Crippen LogP contribution in [0.3, 0.4) is 0 Å². The zero-order chi connectivity index (χ0) is 10.7. The molecule has 4 nitrogen and oxygen atoms in total. The first kappa shape index (κ1) is 10.6. The van der Waals surface area contributed by atoms with E-state index in [4.69, 9.17) is 39.6 Å². The van der Waals surface area contributed by atoms with Gasteiger partial charge in [0.15, 0.2) is 0 Å². The third-order valence-electron chi connectivity index (χ3n) is 1.60. The molecule has 6 heteroatoms. The summed E-state index contributed by atoms with van der Waals surface area (Å²) < 4.78 is 0. The fraction of sp³-hybridized carbons (Fsp3) is 0. The molecule has 0 amide bonds. The van der Waals surface area contributed by atoms with Crippen molar-refractivity contribution in [2.45, 2.75) is 0 Å². The van der Waals surface area contributed by atoms with Gasteiger partial charge in [0.1, 0.15) is 12.1 Å². The van der Waals surface area contributed by atoms with Crippen LogP contribution >= 0.6 is 23.2 Å². The lowest BCUT2D eigenvalue weighted by molar-refractivity contribution is 1.32. The first-order valence-corrected chi connectivity index (χ1v) is 4.20. The zero-order valence-corrected chi connectivity index (χ0v) is 8.32. The Labute approximate surface area is 90.4 Å². The molecule has 0 saturated carbocycles. The Balaban J connectivity index is 3.63. The molecule has 0 atom stereocenters. The van der Waals surface area contributed by atoms with Gasteiger partial charge in [0.2, 0.25) is 0 Å². The van der Waals surface area contributed by atoms with Gasteiger partial charge >= 0.3 is 0 Å². The number of hydrogen-bond acceptors (Lipinski definition) is 4. The molecule has 0 aliphatic rings. The van der Waals surface area contributed by atoms with Crippen LogP contribution in [0, 0.1) is 22.7 Å². The third kappa shape index (κ3) is 1.59. The van der Waals surface area contributed by atoms with E-state index < -0.39 is 0 Å². The molecule has 1 aromatic carbocycles. The molecular formula is C8H4Cl2N4. The van der Waals surface area contributed by atoms with E-state index in [1.54, 1.807) is 0 Å². The highest BCUT2D eigenvalue weighted by Gasteiger charge is 2.14. The number of nitrogens with zero attached hydrogens (tertiary/aromatic N) is 2. The van der Waals surface area contributed by atoms with Gasteiger partial charge in [0.25, 0.3) is 0 Å². The van der Waals surface area contributed by atoms with Crippen molar-refractivity contribution in [3.05, 3.63) is 27.2 Å². The monoisotopic (exact) mass is 226 g/mol. The Morgan fingerprint density at radius 1 is 1.29 bits per heavy atom. The second kappa shape index (κ2) is 4.17. The first-order valence-electron chi connectivity index (χ1n) is 3.44.